The van der Waals surface area contributed by atoms with Crippen molar-refractivity contribution >= 4 is 17.6 Å². The average Bonchev–Trinajstić information content (AvgIpc) is 3.36. The number of carboxylic acid groups (broad SMARTS) is 1. The minimum Gasteiger partial charge on any atom is -0.508 e. The van der Waals surface area contributed by atoms with Gasteiger partial charge in [0.25, 0.3) is 0 Å². The number of ether oxygens (including phenoxy) is 2. The van der Waals surface area contributed by atoms with Crippen molar-refractivity contribution in [3.63, 3.8) is 0 Å². The van der Waals surface area contributed by atoms with Crippen LogP contribution in [0.1, 0.15) is 17.2 Å². The van der Waals surface area contributed by atoms with Crippen molar-refractivity contribution in [3.05, 3.63) is 77.1 Å². The summed E-state index contributed by atoms with van der Waals surface area (Å²) in [6.07, 6.45) is -9.02. The number of aromatic hydroxyl groups is 1. The van der Waals surface area contributed by atoms with Crippen molar-refractivity contribution in [2.75, 3.05) is 0 Å². The molecule has 0 bridgehead atoms. The second-order valence-corrected chi connectivity index (χ2v) is 8.89. The van der Waals surface area contributed by atoms with E-state index >= 15 is 0 Å². The number of phenols is 1. The van der Waals surface area contributed by atoms with Crippen molar-refractivity contribution in [2.24, 2.45) is 0 Å². The van der Waals surface area contributed by atoms with Gasteiger partial charge in [-0.3, -0.25) is 0 Å². The first kappa shape index (κ1) is 26.9. The number of phenolic OH excluding ortho intramolecular Hbond substituents is 1. The molecule has 1 aliphatic rings. The Labute approximate surface area is 213 Å². The number of carbonyl (C=O) groups is 1. The first-order chi connectivity index (χ1) is 17.5. The van der Waals surface area contributed by atoms with Gasteiger partial charge >= 0.3 is 5.97 Å². The number of rotatable bonds is 8. The van der Waals surface area contributed by atoms with Crippen LogP contribution in [-0.2, 0) is 26.4 Å². The van der Waals surface area contributed by atoms with Crippen LogP contribution in [0.5, 0.6) is 5.75 Å². The molecule has 4 rings (SSSR count). The van der Waals surface area contributed by atoms with Gasteiger partial charge in [0.15, 0.2) is 12.4 Å². The molecule has 1 aromatic heterocycles. The fourth-order valence-corrected chi connectivity index (χ4v) is 4.32. The summed E-state index contributed by atoms with van der Waals surface area (Å²) in [5.74, 6) is -2.53. The smallest absolute Gasteiger partial charge is 0.335 e. The Balaban J connectivity index is 1.86. The molecule has 3 aromatic rings. The molecular weight excluding hydrogens is 517 g/mol. The van der Waals surface area contributed by atoms with E-state index in [4.69, 9.17) is 21.1 Å². The van der Waals surface area contributed by atoms with Crippen LogP contribution in [0.4, 0.5) is 4.39 Å². The second-order valence-electron chi connectivity index (χ2n) is 8.48. The van der Waals surface area contributed by atoms with Gasteiger partial charge in [-0.05, 0) is 35.9 Å². The van der Waals surface area contributed by atoms with E-state index in [0.29, 0.717) is 0 Å². The highest BCUT2D eigenvalue weighted by Gasteiger charge is 2.51. The molecule has 1 saturated heterocycles. The molecule has 2 unspecified atom stereocenters. The summed E-state index contributed by atoms with van der Waals surface area (Å²) in [6, 6.07) is 8.42. The van der Waals surface area contributed by atoms with E-state index in [1.807, 2.05) is 0 Å². The van der Waals surface area contributed by atoms with Crippen LogP contribution >= 0.6 is 11.6 Å². The van der Waals surface area contributed by atoms with E-state index in [9.17, 15) is 39.8 Å². The number of halogens is 2. The predicted molar refractivity (Wildman–Crippen MR) is 122 cm³/mol. The third-order valence-electron chi connectivity index (χ3n) is 5.99. The lowest BCUT2D eigenvalue weighted by Crippen LogP contribution is -2.61. The Hall–Kier alpha value is -3.17. The second kappa shape index (κ2) is 10.7. The molecule has 7 atom stereocenters. The molecule has 198 valence electrons. The summed E-state index contributed by atoms with van der Waals surface area (Å²) in [4.78, 5) is 15.4. The van der Waals surface area contributed by atoms with Gasteiger partial charge in [0.1, 0.15) is 54.2 Å². The molecule has 37 heavy (non-hydrogen) atoms. The van der Waals surface area contributed by atoms with Gasteiger partial charge in [-0.1, -0.05) is 23.7 Å². The molecule has 2 heterocycles. The highest BCUT2D eigenvalue weighted by molar-refractivity contribution is 6.31. The molecule has 1 fully saturated rings. The molecule has 0 amide bonds. The molecule has 14 heteroatoms. The lowest BCUT2D eigenvalue weighted by Gasteiger charge is -2.43. The number of aliphatic hydroxyl groups excluding tert-OH is 3. The van der Waals surface area contributed by atoms with Crippen LogP contribution in [0.15, 0.2) is 55.1 Å². The Morgan fingerprint density at radius 2 is 1.86 bits per heavy atom. The van der Waals surface area contributed by atoms with Crippen molar-refractivity contribution < 1.29 is 49.3 Å². The summed E-state index contributed by atoms with van der Waals surface area (Å²) in [5, 5.41) is 66.5. The van der Waals surface area contributed by atoms with Gasteiger partial charge in [0.05, 0.1) is 6.54 Å². The molecule has 0 spiro atoms. The van der Waals surface area contributed by atoms with Crippen LogP contribution in [0, 0.1) is 5.82 Å². The standard InChI is InChI=1S/C23H23ClFN3O9/c24-15-6-5-13(29)7-14(15)20(37-22-18(32)16(30)17(31)19(36-22)21(33)34)23(35,8-28-10-26-9-27-28)11-1-3-12(25)4-2-11/h1-7,9-10,16-20,22,29-32,35H,8H2,(H,33,34)/t16-,17-,18+,19-,20?,22+,23?/m0/s1. The van der Waals surface area contributed by atoms with Gasteiger partial charge in [0, 0.05) is 10.6 Å². The zero-order chi connectivity index (χ0) is 26.9. The van der Waals surface area contributed by atoms with Crippen LogP contribution in [0.25, 0.3) is 0 Å². The number of aliphatic hydroxyl groups is 4. The molecule has 6 N–H and O–H groups in total. The molecular formula is C23H23ClFN3O9. The van der Waals surface area contributed by atoms with E-state index in [1.54, 1.807) is 0 Å². The van der Waals surface area contributed by atoms with E-state index < -0.39 is 54.2 Å². The monoisotopic (exact) mass is 539 g/mol. The normalized spacial score (nSPS) is 26.4. The lowest BCUT2D eigenvalue weighted by molar-refractivity contribution is -0.321. The Bertz CT molecular complexity index is 1230. The van der Waals surface area contributed by atoms with Gasteiger partial charge in [-0.15, -0.1) is 0 Å². The third kappa shape index (κ3) is 5.43. The van der Waals surface area contributed by atoms with Crippen LogP contribution in [-0.4, -0.2) is 82.1 Å². The fraction of sp³-hybridized carbons (Fsp3) is 0.348. The zero-order valence-electron chi connectivity index (χ0n) is 18.9. The van der Waals surface area contributed by atoms with Gasteiger partial charge in [0.2, 0.25) is 0 Å². The lowest BCUT2D eigenvalue weighted by atomic mass is 9.83. The van der Waals surface area contributed by atoms with E-state index in [-0.39, 0.29) is 28.4 Å². The maximum absolute atomic E-state index is 13.8. The number of hydrogen-bond acceptors (Lipinski definition) is 10. The van der Waals surface area contributed by atoms with Crippen molar-refractivity contribution in [3.8, 4) is 5.75 Å². The number of aromatic nitrogens is 3. The fourth-order valence-electron chi connectivity index (χ4n) is 4.10. The van der Waals surface area contributed by atoms with Crippen molar-refractivity contribution in [2.45, 2.75) is 49.0 Å². The van der Waals surface area contributed by atoms with Gasteiger partial charge < -0.3 is 40.1 Å². The van der Waals surface area contributed by atoms with E-state index in [1.165, 1.54) is 41.6 Å². The Morgan fingerprint density at radius 1 is 1.16 bits per heavy atom. The number of hydrogen-bond donors (Lipinski definition) is 6. The average molecular weight is 540 g/mol. The largest absolute Gasteiger partial charge is 0.508 e. The predicted octanol–water partition coefficient (Wildman–Crippen LogP) is 0.314. The van der Waals surface area contributed by atoms with E-state index in [2.05, 4.69) is 10.1 Å². The minimum atomic E-state index is -2.19. The number of aliphatic carboxylic acids is 1. The first-order valence-corrected chi connectivity index (χ1v) is 11.3. The number of benzene rings is 2. The maximum atomic E-state index is 13.8. The van der Waals surface area contributed by atoms with Crippen LogP contribution < -0.4 is 0 Å². The van der Waals surface area contributed by atoms with Gasteiger partial charge in [-0.2, -0.15) is 5.10 Å². The molecule has 1 aliphatic heterocycles. The Kier molecular flexibility index (Phi) is 7.75. The third-order valence-corrected chi connectivity index (χ3v) is 6.34. The zero-order valence-corrected chi connectivity index (χ0v) is 19.6. The quantitative estimate of drug-likeness (QED) is 0.231. The summed E-state index contributed by atoms with van der Waals surface area (Å²) in [7, 11) is 0. The highest BCUT2D eigenvalue weighted by atomic mass is 35.5. The summed E-state index contributed by atoms with van der Waals surface area (Å²) < 4.78 is 26.2. The van der Waals surface area contributed by atoms with Crippen molar-refractivity contribution in [1.29, 1.82) is 0 Å². The number of carboxylic acids is 1. The molecule has 12 nitrogen and oxygen atoms in total. The maximum Gasteiger partial charge on any atom is 0.335 e. The van der Waals surface area contributed by atoms with E-state index in [0.717, 1.165) is 18.2 Å². The molecule has 0 aliphatic carbocycles. The summed E-state index contributed by atoms with van der Waals surface area (Å²) >= 11 is 6.39. The SMILES string of the molecule is O=C(O)[C@H]1O[C@H](OC(c2cc(O)ccc2Cl)C(O)(Cn2cncn2)c2ccc(F)cc2)[C@H](O)[C@@H](O)[C@@H]1O. The van der Waals surface area contributed by atoms with Crippen LogP contribution in [0.2, 0.25) is 5.02 Å². The molecule has 0 saturated carbocycles. The minimum absolute atomic E-state index is 0.0115. The Morgan fingerprint density at radius 3 is 2.49 bits per heavy atom. The summed E-state index contributed by atoms with van der Waals surface area (Å²) in [5.41, 5.74) is -2.15. The summed E-state index contributed by atoms with van der Waals surface area (Å²) in [6.45, 7) is -0.383. The van der Waals surface area contributed by atoms with Crippen molar-refractivity contribution in [1.82, 2.24) is 14.8 Å². The highest BCUT2D eigenvalue weighted by Crippen LogP contribution is 2.44. The topological polar surface area (TPSA) is 188 Å². The molecule has 2 aromatic carbocycles. The molecule has 0 radical (unpaired) electrons. The van der Waals surface area contributed by atoms with Gasteiger partial charge in [-0.25, -0.2) is 18.9 Å². The van der Waals surface area contributed by atoms with Crippen LogP contribution in [0.3, 0.4) is 0 Å². The number of nitrogens with zero attached hydrogens (tertiary/aromatic N) is 3. The first-order valence-electron chi connectivity index (χ1n) is 10.9.